The summed E-state index contributed by atoms with van der Waals surface area (Å²) in [5.41, 5.74) is 0. The molecule has 0 heterocycles. The second-order valence-corrected chi connectivity index (χ2v) is 8.50. The summed E-state index contributed by atoms with van der Waals surface area (Å²) in [6.45, 7) is 0. The number of benzene rings is 3. The molecule has 0 bridgehead atoms. The van der Waals surface area contributed by atoms with Crippen molar-refractivity contribution in [1.29, 1.82) is 0 Å². The fourth-order valence-electron chi connectivity index (χ4n) is 2.42. The van der Waals surface area contributed by atoms with E-state index in [0.29, 0.717) is 12.1 Å². The van der Waals surface area contributed by atoms with Crippen LogP contribution >= 0.6 is 7.68 Å². The number of hydrogen-bond donors (Lipinski definition) is 0. The maximum absolute atomic E-state index is 15.7. The van der Waals surface area contributed by atoms with Gasteiger partial charge >= 0.3 is 174 Å². The first-order chi connectivity index (χ1) is 15.2. The van der Waals surface area contributed by atoms with Crippen LogP contribution < -0.4 is 14.4 Å². The van der Waals surface area contributed by atoms with Gasteiger partial charge in [-0.3, -0.25) is 0 Å². The molecule has 0 saturated carbocycles. The van der Waals surface area contributed by atoms with E-state index in [-0.39, 0.29) is 0 Å². The van der Waals surface area contributed by atoms with Gasteiger partial charge in [0.15, 0.2) is 0 Å². The predicted octanol–water partition coefficient (Wildman–Crippen LogP) is 7.01. The Hall–Kier alpha value is -3.15. The molecule has 3 rings (SSSR count). The van der Waals surface area contributed by atoms with Crippen molar-refractivity contribution in [2.24, 2.45) is 0 Å². The number of hydrogen-bond acceptors (Lipinski definition) is 2. The first-order valence-electron chi connectivity index (χ1n) is 8.14. The molecular formula is C18H5F12O2P. The first-order valence-corrected chi connectivity index (χ1v) is 9.99. The Morgan fingerprint density at radius 3 is 1.00 bits per heavy atom. The van der Waals surface area contributed by atoms with Crippen molar-refractivity contribution in [3.8, 4) is 11.5 Å². The van der Waals surface area contributed by atoms with E-state index in [4.69, 9.17) is 0 Å². The summed E-state index contributed by atoms with van der Waals surface area (Å²) in [6.07, 6.45) is 0. The summed E-state index contributed by atoms with van der Waals surface area (Å²) in [7, 11) is -8.24. The standard InChI is InChI=1S/C18H5F12O2P/c19-7-9(21)13(25)17(14(26)10(7)22)31-33(29,30,6-4-2-1-3-5-6)32-18-15(27)11(23)8(20)12(24)16(18)28/h1-5H. The average Bonchev–Trinajstić information content (AvgIpc) is 2.80. The molecule has 0 amide bonds. The van der Waals surface area contributed by atoms with E-state index >= 15 is 8.39 Å². The molecule has 3 aromatic carbocycles. The molecule has 0 N–H and O–H groups in total. The van der Waals surface area contributed by atoms with Crippen LogP contribution in [0.15, 0.2) is 30.3 Å². The quantitative estimate of drug-likeness (QED) is 0.159. The van der Waals surface area contributed by atoms with Gasteiger partial charge in [-0.1, -0.05) is 0 Å². The van der Waals surface area contributed by atoms with E-state index in [0.717, 1.165) is 18.2 Å². The van der Waals surface area contributed by atoms with Gasteiger partial charge in [-0.15, -0.1) is 0 Å². The third-order valence-corrected chi connectivity index (χ3v) is 6.07. The van der Waals surface area contributed by atoms with Crippen LogP contribution in [0.4, 0.5) is 52.3 Å². The summed E-state index contributed by atoms with van der Waals surface area (Å²) in [5.74, 6) is -33.4. The van der Waals surface area contributed by atoms with Gasteiger partial charge in [0.2, 0.25) is 0 Å². The SMILES string of the molecule is Fc1c(F)c(F)c(OP(F)(F)(Oc2c(F)c(F)c(F)c(F)c2F)c2ccccc2)c(F)c1F. The molecule has 0 aliphatic heterocycles. The predicted molar refractivity (Wildman–Crippen MR) is 88.9 cm³/mol. The van der Waals surface area contributed by atoms with Crippen molar-refractivity contribution >= 4 is 13.0 Å². The van der Waals surface area contributed by atoms with Crippen molar-refractivity contribution in [3.63, 3.8) is 0 Å². The molecule has 178 valence electrons. The van der Waals surface area contributed by atoms with Gasteiger partial charge in [0, 0.05) is 0 Å². The Morgan fingerprint density at radius 2 is 0.697 bits per heavy atom. The van der Waals surface area contributed by atoms with Crippen LogP contribution in [0.5, 0.6) is 11.5 Å². The monoisotopic (exact) mass is 512 g/mol. The molecule has 0 aliphatic rings. The Labute approximate surface area is 175 Å². The van der Waals surface area contributed by atoms with Gasteiger partial charge < -0.3 is 0 Å². The van der Waals surface area contributed by atoms with Crippen LogP contribution in [0.2, 0.25) is 0 Å². The summed E-state index contributed by atoms with van der Waals surface area (Å²) >= 11 is 0. The Bertz CT molecular complexity index is 1130. The number of halogens is 12. The zero-order valence-electron chi connectivity index (χ0n) is 15.2. The molecule has 0 saturated heterocycles. The maximum atomic E-state index is 15.7. The Morgan fingerprint density at radius 1 is 0.424 bits per heavy atom. The molecule has 0 radical (unpaired) electrons. The van der Waals surface area contributed by atoms with Crippen LogP contribution in [0.3, 0.4) is 0 Å². The fourth-order valence-corrected chi connectivity index (χ4v) is 4.24. The van der Waals surface area contributed by atoms with E-state index in [9.17, 15) is 43.9 Å². The molecule has 0 fully saturated rings. The van der Waals surface area contributed by atoms with Crippen LogP contribution in [-0.2, 0) is 0 Å². The molecule has 0 aliphatic carbocycles. The Balaban J connectivity index is 2.32. The van der Waals surface area contributed by atoms with E-state index in [1.807, 2.05) is 0 Å². The molecule has 3 aromatic rings. The van der Waals surface area contributed by atoms with Crippen LogP contribution in [0, 0.1) is 58.2 Å². The molecule has 0 aromatic heterocycles. The van der Waals surface area contributed by atoms with Crippen molar-refractivity contribution in [2.75, 3.05) is 0 Å². The van der Waals surface area contributed by atoms with E-state index in [1.54, 1.807) is 0 Å². The normalized spacial score (nSPS) is 12.9. The van der Waals surface area contributed by atoms with Gasteiger partial charge in [0.05, 0.1) is 0 Å². The minimum absolute atomic E-state index is 0.385. The zero-order valence-corrected chi connectivity index (χ0v) is 16.1. The van der Waals surface area contributed by atoms with Gasteiger partial charge in [0.25, 0.3) is 0 Å². The minimum atomic E-state index is -8.24. The van der Waals surface area contributed by atoms with Gasteiger partial charge in [-0.05, 0) is 0 Å². The van der Waals surface area contributed by atoms with Crippen molar-refractivity contribution in [2.45, 2.75) is 0 Å². The molecule has 15 heteroatoms. The van der Waals surface area contributed by atoms with E-state index < -0.39 is 82.7 Å². The molecule has 2 nitrogen and oxygen atoms in total. The van der Waals surface area contributed by atoms with Crippen LogP contribution in [0.1, 0.15) is 0 Å². The number of rotatable bonds is 5. The van der Waals surface area contributed by atoms with Crippen molar-refractivity contribution < 1.29 is 61.3 Å². The fraction of sp³-hybridized carbons (Fsp3) is 0. The van der Waals surface area contributed by atoms with Gasteiger partial charge in [-0.2, -0.15) is 0 Å². The molecule has 0 atom stereocenters. The average molecular weight is 512 g/mol. The Kier molecular flexibility index (Phi) is 5.95. The van der Waals surface area contributed by atoms with Gasteiger partial charge in [-0.25, -0.2) is 0 Å². The zero-order chi connectivity index (χ0) is 24.9. The summed E-state index contributed by atoms with van der Waals surface area (Å²) < 4.78 is 175. The summed E-state index contributed by atoms with van der Waals surface area (Å²) in [5, 5.41) is -1.57. The van der Waals surface area contributed by atoms with Crippen LogP contribution in [-0.4, -0.2) is 0 Å². The molecule has 0 spiro atoms. The third kappa shape index (κ3) is 3.92. The van der Waals surface area contributed by atoms with E-state index in [1.165, 1.54) is 0 Å². The summed E-state index contributed by atoms with van der Waals surface area (Å²) in [4.78, 5) is 0. The first kappa shape index (κ1) is 24.5. The molecule has 0 unspecified atom stereocenters. The van der Waals surface area contributed by atoms with Crippen molar-refractivity contribution in [3.05, 3.63) is 88.5 Å². The second kappa shape index (κ2) is 8.01. The second-order valence-electron chi connectivity index (χ2n) is 6.08. The van der Waals surface area contributed by atoms with E-state index in [2.05, 4.69) is 9.05 Å². The topological polar surface area (TPSA) is 18.5 Å². The molecule has 33 heavy (non-hydrogen) atoms. The summed E-state index contributed by atoms with van der Waals surface area (Å²) in [6, 6.07) is 3.46. The third-order valence-electron chi connectivity index (χ3n) is 3.99. The van der Waals surface area contributed by atoms with Gasteiger partial charge in [0.1, 0.15) is 0 Å². The molecular weight excluding hydrogens is 507 g/mol. The van der Waals surface area contributed by atoms with Crippen molar-refractivity contribution in [1.82, 2.24) is 0 Å². The van der Waals surface area contributed by atoms with Crippen LogP contribution in [0.25, 0.3) is 0 Å².